The van der Waals surface area contributed by atoms with Gasteiger partial charge in [0.2, 0.25) is 0 Å². The van der Waals surface area contributed by atoms with Crippen LogP contribution in [-0.4, -0.2) is 29.1 Å². The zero-order valence-corrected chi connectivity index (χ0v) is 10.0. The minimum absolute atomic E-state index is 0.0315. The molecule has 0 bridgehead atoms. The molecule has 0 aromatic rings. The van der Waals surface area contributed by atoms with E-state index < -0.39 is 5.60 Å². The summed E-state index contributed by atoms with van der Waals surface area (Å²) in [5, 5.41) is 2.86. The van der Waals surface area contributed by atoms with Crippen LogP contribution in [0.5, 0.6) is 0 Å². The van der Waals surface area contributed by atoms with E-state index in [9.17, 15) is 4.79 Å². The van der Waals surface area contributed by atoms with Crippen LogP contribution in [0, 0.1) is 0 Å². The van der Waals surface area contributed by atoms with Gasteiger partial charge in [-0.3, -0.25) is 4.79 Å². The first kappa shape index (κ1) is 12.4. The van der Waals surface area contributed by atoms with Crippen LogP contribution in [0.25, 0.3) is 0 Å². The Hall–Kier alpha value is -0.680. The van der Waals surface area contributed by atoms with Gasteiger partial charge in [-0.2, -0.15) is 0 Å². The smallest absolute Gasteiger partial charge is 0.252 e. The van der Waals surface area contributed by atoms with E-state index in [1.807, 2.05) is 13.8 Å². The van der Waals surface area contributed by atoms with Gasteiger partial charge in [0.25, 0.3) is 5.91 Å². The quantitative estimate of drug-likeness (QED) is 0.699. The lowest BCUT2D eigenvalue weighted by Crippen LogP contribution is -2.48. The minimum Gasteiger partial charge on any atom is -0.393 e. The van der Waals surface area contributed by atoms with Gasteiger partial charge in [0.1, 0.15) is 5.60 Å². The van der Waals surface area contributed by atoms with E-state index >= 15 is 0 Å². The number of hydrogen-bond donors (Lipinski definition) is 2. The standard InChI is InChI=1S/C10H18N2O2S/c1-7(6-8(11)15)12-9(13)10(2)4-3-5-14-10/h7H,3-6H2,1-2H3,(H2,11,15)(H,12,13). The van der Waals surface area contributed by atoms with Gasteiger partial charge in [-0.05, 0) is 26.7 Å². The molecule has 2 atom stereocenters. The molecule has 1 fully saturated rings. The second kappa shape index (κ2) is 4.90. The van der Waals surface area contributed by atoms with Crippen molar-refractivity contribution in [1.29, 1.82) is 0 Å². The van der Waals surface area contributed by atoms with Gasteiger partial charge in [-0.15, -0.1) is 0 Å². The molecule has 3 N–H and O–H groups in total. The van der Waals surface area contributed by atoms with Gasteiger partial charge in [0, 0.05) is 19.1 Å². The Morgan fingerprint density at radius 2 is 2.40 bits per heavy atom. The molecule has 0 aromatic carbocycles. The van der Waals surface area contributed by atoms with Crippen LogP contribution in [0.1, 0.15) is 33.1 Å². The molecule has 0 saturated carbocycles. The third-order valence-electron chi connectivity index (χ3n) is 2.58. The highest BCUT2D eigenvalue weighted by atomic mass is 32.1. The fourth-order valence-electron chi connectivity index (χ4n) is 1.69. The summed E-state index contributed by atoms with van der Waals surface area (Å²) in [6.45, 7) is 4.37. The van der Waals surface area contributed by atoms with E-state index in [2.05, 4.69) is 5.32 Å². The summed E-state index contributed by atoms with van der Waals surface area (Å²) in [5.41, 5.74) is 4.74. The van der Waals surface area contributed by atoms with Crippen molar-refractivity contribution in [2.24, 2.45) is 5.73 Å². The van der Waals surface area contributed by atoms with Crippen LogP contribution in [-0.2, 0) is 9.53 Å². The van der Waals surface area contributed by atoms with E-state index in [-0.39, 0.29) is 11.9 Å². The molecule has 1 aliphatic rings. The van der Waals surface area contributed by atoms with Gasteiger partial charge >= 0.3 is 0 Å². The van der Waals surface area contributed by atoms with Crippen molar-refractivity contribution in [3.05, 3.63) is 0 Å². The first-order valence-corrected chi connectivity index (χ1v) is 5.58. The van der Waals surface area contributed by atoms with Gasteiger partial charge in [-0.25, -0.2) is 0 Å². The van der Waals surface area contributed by atoms with Gasteiger partial charge in [0.05, 0.1) is 4.99 Å². The first-order chi connectivity index (χ1) is 6.94. The van der Waals surface area contributed by atoms with Crippen molar-refractivity contribution >= 4 is 23.1 Å². The largest absolute Gasteiger partial charge is 0.393 e. The Morgan fingerprint density at radius 3 is 2.87 bits per heavy atom. The first-order valence-electron chi connectivity index (χ1n) is 5.17. The zero-order valence-electron chi connectivity index (χ0n) is 9.21. The number of thiocarbonyl (C=S) groups is 1. The molecule has 1 aliphatic heterocycles. The molecule has 1 saturated heterocycles. The molecule has 86 valence electrons. The van der Waals surface area contributed by atoms with Crippen LogP contribution in [0.4, 0.5) is 0 Å². The lowest BCUT2D eigenvalue weighted by atomic mass is 10.0. The topological polar surface area (TPSA) is 64.3 Å². The van der Waals surface area contributed by atoms with Crippen molar-refractivity contribution in [3.8, 4) is 0 Å². The molecule has 0 spiro atoms. The number of ether oxygens (including phenoxy) is 1. The Morgan fingerprint density at radius 1 is 1.73 bits per heavy atom. The summed E-state index contributed by atoms with van der Waals surface area (Å²) in [7, 11) is 0. The van der Waals surface area contributed by atoms with Crippen molar-refractivity contribution in [1.82, 2.24) is 5.32 Å². The summed E-state index contributed by atoms with van der Waals surface area (Å²) < 4.78 is 5.43. The lowest BCUT2D eigenvalue weighted by Gasteiger charge is -2.24. The number of carbonyl (C=O) groups excluding carboxylic acids is 1. The summed E-state index contributed by atoms with van der Waals surface area (Å²) in [4.78, 5) is 12.3. The monoisotopic (exact) mass is 230 g/mol. The third-order valence-corrected chi connectivity index (χ3v) is 2.75. The third kappa shape index (κ3) is 3.43. The van der Waals surface area contributed by atoms with Crippen LogP contribution in [0.15, 0.2) is 0 Å². The predicted octanol–water partition coefficient (Wildman–Crippen LogP) is 0.736. The molecule has 5 heteroatoms. The molecule has 1 rings (SSSR count). The highest BCUT2D eigenvalue weighted by Crippen LogP contribution is 2.25. The average molecular weight is 230 g/mol. The molecule has 2 unspecified atom stereocenters. The minimum atomic E-state index is -0.662. The summed E-state index contributed by atoms with van der Waals surface area (Å²) in [6.07, 6.45) is 2.24. The highest BCUT2D eigenvalue weighted by Gasteiger charge is 2.38. The fraction of sp³-hybridized carbons (Fsp3) is 0.800. The molecule has 0 aromatic heterocycles. The maximum absolute atomic E-state index is 11.8. The number of nitrogens with one attached hydrogen (secondary N) is 1. The SMILES string of the molecule is CC(CC(N)=S)NC(=O)C1(C)CCCO1. The van der Waals surface area contributed by atoms with E-state index in [0.717, 1.165) is 12.8 Å². The van der Waals surface area contributed by atoms with Crippen LogP contribution in [0.3, 0.4) is 0 Å². The predicted molar refractivity (Wildman–Crippen MR) is 62.6 cm³/mol. The molecular formula is C10H18N2O2S. The Bertz CT molecular complexity index is 262. The normalized spacial score (nSPS) is 27.3. The van der Waals surface area contributed by atoms with Crippen molar-refractivity contribution in [3.63, 3.8) is 0 Å². The second-order valence-electron chi connectivity index (χ2n) is 4.23. The van der Waals surface area contributed by atoms with Crippen molar-refractivity contribution in [2.45, 2.75) is 44.8 Å². The lowest BCUT2D eigenvalue weighted by molar-refractivity contribution is -0.140. The summed E-state index contributed by atoms with van der Waals surface area (Å²) in [6, 6.07) is -0.0315. The van der Waals surface area contributed by atoms with Crippen LogP contribution in [0.2, 0.25) is 0 Å². The van der Waals surface area contributed by atoms with E-state index in [1.165, 1.54) is 0 Å². The molecule has 4 nitrogen and oxygen atoms in total. The van der Waals surface area contributed by atoms with Gasteiger partial charge in [0.15, 0.2) is 0 Å². The number of nitrogens with two attached hydrogens (primary N) is 1. The number of amides is 1. The fourth-order valence-corrected chi connectivity index (χ4v) is 1.94. The molecule has 0 aliphatic carbocycles. The molecular weight excluding hydrogens is 212 g/mol. The zero-order chi connectivity index (χ0) is 11.5. The van der Waals surface area contributed by atoms with Crippen LogP contribution >= 0.6 is 12.2 Å². The van der Waals surface area contributed by atoms with E-state index in [0.29, 0.717) is 18.0 Å². The van der Waals surface area contributed by atoms with Crippen molar-refractivity contribution < 1.29 is 9.53 Å². The molecule has 0 radical (unpaired) electrons. The maximum atomic E-state index is 11.8. The number of carbonyl (C=O) groups is 1. The second-order valence-corrected chi connectivity index (χ2v) is 4.75. The average Bonchev–Trinajstić information content (AvgIpc) is 2.51. The van der Waals surface area contributed by atoms with Gasteiger partial charge < -0.3 is 15.8 Å². The highest BCUT2D eigenvalue weighted by molar-refractivity contribution is 7.80. The summed E-state index contributed by atoms with van der Waals surface area (Å²) >= 11 is 4.78. The Balaban J connectivity index is 2.44. The Labute approximate surface area is 95.5 Å². The molecule has 1 amide bonds. The Kier molecular flexibility index (Phi) is 4.04. The summed E-state index contributed by atoms with van der Waals surface area (Å²) in [5.74, 6) is -0.0660. The van der Waals surface area contributed by atoms with Crippen molar-refractivity contribution in [2.75, 3.05) is 6.61 Å². The number of rotatable bonds is 4. The molecule has 15 heavy (non-hydrogen) atoms. The van der Waals surface area contributed by atoms with Gasteiger partial charge in [-0.1, -0.05) is 12.2 Å². The number of hydrogen-bond acceptors (Lipinski definition) is 3. The molecule has 1 heterocycles. The van der Waals surface area contributed by atoms with Crippen LogP contribution < -0.4 is 11.1 Å². The van der Waals surface area contributed by atoms with E-state index in [1.54, 1.807) is 0 Å². The maximum Gasteiger partial charge on any atom is 0.252 e. The van der Waals surface area contributed by atoms with E-state index in [4.69, 9.17) is 22.7 Å².